The van der Waals surface area contributed by atoms with E-state index in [9.17, 15) is 8.42 Å². The molecular formula is C11H22N2O4S. The van der Waals surface area contributed by atoms with E-state index in [1.54, 1.807) is 0 Å². The average molecular weight is 278 g/mol. The first-order chi connectivity index (χ1) is 8.51. The molecule has 2 aliphatic heterocycles. The Labute approximate surface area is 108 Å². The maximum atomic E-state index is 12.3. The zero-order chi connectivity index (χ0) is 13.2. The Hall–Kier alpha value is -0.210. The fourth-order valence-electron chi connectivity index (χ4n) is 2.48. The lowest BCUT2D eigenvalue weighted by Crippen LogP contribution is -2.52. The zero-order valence-corrected chi connectivity index (χ0v) is 11.6. The average Bonchev–Trinajstić information content (AvgIpc) is 2.80. The zero-order valence-electron chi connectivity index (χ0n) is 10.7. The summed E-state index contributed by atoms with van der Waals surface area (Å²) < 4.78 is 37.1. The van der Waals surface area contributed by atoms with E-state index >= 15 is 0 Å². The fraction of sp³-hybridized carbons (Fsp3) is 1.00. The van der Waals surface area contributed by atoms with E-state index in [1.807, 2.05) is 6.92 Å². The highest BCUT2D eigenvalue weighted by Gasteiger charge is 2.34. The van der Waals surface area contributed by atoms with E-state index in [-0.39, 0.29) is 24.1 Å². The van der Waals surface area contributed by atoms with Gasteiger partial charge < -0.3 is 15.2 Å². The van der Waals surface area contributed by atoms with Gasteiger partial charge in [0, 0.05) is 26.2 Å². The topological polar surface area (TPSA) is 81.9 Å². The lowest BCUT2D eigenvalue weighted by molar-refractivity contribution is -0.0488. The standard InChI is InChI=1S/C11H22N2O4S/c1-9-6-13(7-11(5-12)17-9)18(14,15)8-10-3-2-4-16-10/h9-11H,2-8,12H2,1H3. The highest BCUT2D eigenvalue weighted by Crippen LogP contribution is 2.19. The monoisotopic (exact) mass is 278 g/mol. The first-order valence-corrected chi connectivity index (χ1v) is 8.07. The smallest absolute Gasteiger partial charge is 0.216 e. The molecule has 0 aromatic heterocycles. The van der Waals surface area contributed by atoms with Gasteiger partial charge in [-0.05, 0) is 19.8 Å². The van der Waals surface area contributed by atoms with Crippen LogP contribution in [0.4, 0.5) is 0 Å². The molecule has 0 amide bonds. The van der Waals surface area contributed by atoms with Crippen LogP contribution < -0.4 is 5.73 Å². The third-order valence-corrected chi connectivity index (χ3v) is 5.25. The highest BCUT2D eigenvalue weighted by atomic mass is 32.2. The molecule has 2 fully saturated rings. The second-order valence-electron chi connectivity index (χ2n) is 5.03. The minimum Gasteiger partial charge on any atom is -0.377 e. The van der Waals surface area contributed by atoms with Crippen molar-refractivity contribution < 1.29 is 17.9 Å². The molecule has 0 aliphatic carbocycles. The molecular weight excluding hydrogens is 256 g/mol. The molecule has 2 aliphatic rings. The lowest BCUT2D eigenvalue weighted by Gasteiger charge is -2.35. The van der Waals surface area contributed by atoms with Crippen LogP contribution in [-0.2, 0) is 19.5 Å². The molecule has 7 heteroatoms. The molecule has 2 heterocycles. The number of nitrogens with zero attached hydrogens (tertiary/aromatic N) is 1. The molecule has 0 aromatic rings. The highest BCUT2D eigenvalue weighted by molar-refractivity contribution is 7.89. The summed E-state index contributed by atoms with van der Waals surface area (Å²) in [6.45, 7) is 3.65. The molecule has 106 valence electrons. The van der Waals surface area contributed by atoms with Crippen LogP contribution in [-0.4, -0.2) is 63.0 Å². The second-order valence-corrected chi connectivity index (χ2v) is 7.05. The van der Waals surface area contributed by atoms with Crippen LogP contribution >= 0.6 is 0 Å². The summed E-state index contributed by atoms with van der Waals surface area (Å²) in [5, 5.41) is 0. The molecule has 3 unspecified atom stereocenters. The maximum Gasteiger partial charge on any atom is 0.216 e. The summed E-state index contributed by atoms with van der Waals surface area (Å²) in [6, 6.07) is 0. The summed E-state index contributed by atoms with van der Waals surface area (Å²) >= 11 is 0. The van der Waals surface area contributed by atoms with Crippen LogP contribution in [0.3, 0.4) is 0 Å². The van der Waals surface area contributed by atoms with Crippen LogP contribution in [0.15, 0.2) is 0 Å². The first kappa shape index (κ1) is 14.2. The van der Waals surface area contributed by atoms with E-state index in [4.69, 9.17) is 15.2 Å². The third-order valence-electron chi connectivity index (χ3n) is 3.37. The summed E-state index contributed by atoms with van der Waals surface area (Å²) in [6.07, 6.45) is 1.33. The summed E-state index contributed by atoms with van der Waals surface area (Å²) in [5.41, 5.74) is 5.56. The molecule has 0 bridgehead atoms. The van der Waals surface area contributed by atoms with Crippen molar-refractivity contribution in [3.05, 3.63) is 0 Å². The van der Waals surface area contributed by atoms with Crippen LogP contribution in [0, 0.1) is 0 Å². The molecule has 2 saturated heterocycles. The lowest BCUT2D eigenvalue weighted by atomic mass is 10.2. The SMILES string of the molecule is CC1CN(S(=O)(=O)CC2CCCO2)CC(CN)O1. The Morgan fingerprint density at radius 2 is 2.11 bits per heavy atom. The van der Waals surface area contributed by atoms with E-state index in [1.165, 1.54) is 4.31 Å². The number of hydrogen-bond acceptors (Lipinski definition) is 5. The molecule has 0 spiro atoms. The molecule has 0 aromatic carbocycles. The van der Waals surface area contributed by atoms with Gasteiger partial charge in [0.2, 0.25) is 10.0 Å². The van der Waals surface area contributed by atoms with Crippen molar-refractivity contribution in [2.45, 2.75) is 38.1 Å². The van der Waals surface area contributed by atoms with Gasteiger partial charge in [-0.1, -0.05) is 0 Å². The number of hydrogen-bond donors (Lipinski definition) is 1. The first-order valence-electron chi connectivity index (χ1n) is 6.46. The minimum absolute atomic E-state index is 0.0804. The fourth-order valence-corrected chi connectivity index (χ4v) is 4.25. The molecule has 0 saturated carbocycles. The quantitative estimate of drug-likeness (QED) is 0.753. The molecule has 6 nitrogen and oxygen atoms in total. The normalized spacial score (nSPS) is 34.9. The van der Waals surface area contributed by atoms with Crippen LogP contribution in [0.5, 0.6) is 0 Å². The summed E-state index contributed by atoms with van der Waals surface area (Å²) in [4.78, 5) is 0. The van der Waals surface area contributed by atoms with E-state index in [2.05, 4.69) is 0 Å². The summed E-state index contributed by atoms with van der Waals surface area (Å²) in [5.74, 6) is 0.0804. The van der Waals surface area contributed by atoms with Gasteiger partial charge in [0.15, 0.2) is 0 Å². The Bertz CT molecular complexity index is 367. The number of rotatable bonds is 4. The predicted molar refractivity (Wildman–Crippen MR) is 67.7 cm³/mol. The van der Waals surface area contributed by atoms with Crippen molar-refractivity contribution in [1.82, 2.24) is 4.31 Å². The van der Waals surface area contributed by atoms with Gasteiger partial charge >= 0.3 is 0 Å². The van der Waals surface area contributed by atoms with Gasteiger partial charge in [-0.25, -0.2) is 8.42 Å². The number of morpholine rings is 1. The minimum atomic E-state index is -3.27. The van der Waals surface area contributed by atoms with Crippen molar-refractivity contribution >= 4 is 10.0 Å². The van der Waals surface area contributed by atoms with Crippen molar-refractivity contribution in [2.75, 3.05) is 32.0 Å². The molecule has 2 rings (SSSR count). The van der Waals surface area contributed by atoms with Crippen LogP contribution in [0.2, 0.25) is 0 Å². The Balaban J connectivity index is 1.99. The molecule has 3 atom stereocenters. The van der Waals surface area contributed by atoms with Crippen molar-refractivity contribution in [1.29, 1.82) is 0 Å². The maximum absolute atomic E-state index is 12.3. The van der Waals surface area contributed by atoms with Crippen LogP contribution in [0.25, 0.3) is 0 Å². The molecule has 0 radical (unpaired) electrons. The van der Waals surface area contributed by atoms with E-state index < -0.39 is 10.0 Å². The van der Waals surface area contributed by atoms with Gasteiger partial charge in [-0.15, -0.1) is 0 Å². The summed E-state index contributed by atoms with van der Waals surface area (Å²) in [7, 11) is -3.27. The Morgan fingerprint density at radius 3 is 2.72 bits per heavy atom. The third kappa shape index (κ3) is 3.42. The van der Waals surface area contributed by atoms with Crippen LogP contribution in [0.1, 0.15) is 19.8 Å². The van der Waals surface area contributed by atoms with Crippen molar-refractivity contribution in [3.63, 3.8) is 0 Å². The molecule has 18 heavy (non-hydrogen) atoms. The van der Waals surface area contributed by atoms with E-state index in [0.29, 0.717) is 26.2 Å². The number of ether oxygens (including phenoxy) is 2. The van der Waals surface area contributed by atoms with Gasteiger partial charge in [0.05, 0.1) is 24.1 Å². The van der Waals surface area contributed by atoms with E-state index in [0.717, 1.165) is 12.8 Å². The second kappa shape index (κ2) is 5.83. The molecule has 2 N–H and O–H groups in total. The van der Waals surface area contributed by atoms with Gasteiger partial charge in [0.25, 0.3) is 0 Å². The number of sulfonamides is 1. The Morgan fingerprint density at radius 1 is 1.33 bits per heavy atom. The van der Waals surface area contributed by atoms with Crippen molar-refractivity contribution in [3.8, 4) is 0 Å². The largest absolute Gasteiger partial charge is 0.377 e. The Kier molecular flexibility index (Phi) is 4.60. The van der Waals surface area contributed by atoms with Gasteiger partial charge in [-0.3, -0.25) is 0 Å². The number of nitrogens with two attached hydrogens (primary N) is 1. The van der Waals surface area contributed by atoms with Gasteiger partial charge in [-0.2, -0.15) is 4.31 Å². The van der Waals surface area contributed by atoms with Gasteiger partial charge in [0.1, 0.15) is 0 Å². The predicted octanol–water partition coefficient (Wildman–Crippen LogP) is -0.457. The van der Waals surface area contributed by atoms with Crippen molar-refractivity contribution in [2.24, 2.45) is 5.73 Å².